The van der Waals surface area contributed by atoms with Gasteiger partial charge < -0.3 is 9.15 Å². The van der Waals surface area contributed by atoms with Gasteiger partial charge in [0, 0.05) is 6.20 Å². The number of oxazole rings is 1. The van der Waals surface area contributed by atoms with Crippen molar-refractivity contribution in [3.63, 3.8) is 0 Å². The van der Waals surface area contributed by atoms with E-state index < -0.39 is 0 Å². The van der Waals surface area contributed by atoms with Crippen LogP contribution in [0.2, 0.25) is 0 Å². The summed E-state index contributed by atoms with van der Waals surface area (Å²) >= 11 is 0. The van der Waals surface area contributed by atoms with Crippen molar-refractivity contribution in [1.82, 2.24) is 9.97 Å². The maximum Gasteiger partial charge on any atom is 0.247 e. The normalized spacial score (nSPS) is 10.8. The second-order valence-electron chi connectivity index (χ2n) is 4.49. The zero-order valence-corrected chi connectivity index (χ0v) is 10.9. The summed E-state index contributed by atoms with van der Waals surface area (Å²) in [7, 11) is 0. The van der Waals surface area contributed by atoms with Crippen molar-refractivity contribution in [2.45, 2.75) is 20.5 Å². The molecule has 0 fully saturated rings. The van der Waals surface area contributed by atoms with Gasteiger partial charge in [0.2, 0.25) is 11.6 Å². The number of ether oxygens (including phenoxy) is 1. The number of pyridine rings is 1. The Hall–Kier alpha value is -2.36. The van der Waals surface area contributed by atoms with Crippen LogP contribution in [-0.2, 0) is 6.61 Å². The van der Waals surface area contributed by atoms with Crippen LogP contribution in [0.4, 0.5) is 0 Å². The minimum absolute atomic E-state index is 0.306. The highest BCUT2D eigenvalue weighted by Crippen LogP contribution is 2.21. The summed E-state index contributed by atoms with van der Waals surface area (Å²) in [6.45, 7) is 4.36. The van der Waals surface area contributed by atoms with Crippen molar-refractivity contribution in [1.29, 1.82) is 0 Å². The van der Waals surface area contributed by atoms with Crippen LogP contribution in [0.15, 0.2) is 40.9 Å². The summed E-state index contributed by atoms with van der Waals surface area (Å²) in [4.78, 5) is 8.43. The molecular weight excluding hydrogens is 240 g/mol. The topological polar surface area (TPSA) is 48.2 Å². The molecule has 0 bridgehead atoms. The van der Waals surface area contributed by atoms with Gasteiger partial charge in [-0.1, -0.05) is 12.1 Å². The van der Waals surface area contributed by atoms with Gasteiger partial charge in [-0.2, -0.15) is 0 Å². The lowest BCUT2D eigenvalue weighted by atomic mass is 10.1. The molecule has 0 saturated heterocycles. The van der Waals surface area contributed by atoms with Gasteiger partial charge in [-0.3, -0.25) is 0 Å². The molecule has 0 atom stereocenters. The van der Waals surface area contributed by atoms with E-state index in [0.29, 0.717) is 18.2 Å². The van der Waals surface area contributed by atoms with E-state index in [9.17, 15) is 0 Å². The number of aromatic nitrogens is 2. The maximum absolute atomic E-state index is 5.75. The van der Waals surface area contributed by atoms with Crippen LogP contribution >= 0.6 is 0 Å². The second-order valence-corrected chi connectivity index (χ2v) is 4.49. The highest BCUT2D eigenvalue weighted by atomic mass is 16.5. The van der Waals surface area contributed by atoms with Gasteiger partial charge in [0.15, 0.2) is 6.61 Å². The largest absolute Gasteiger partial charge is 0.484 e. The van der Waals surface area contributed by atoms with Crippen LogP contribution in [0.1, 0.15) is 17.0 Å². The number of hydrogen-bond acceptors (Lipinski definition) is 4. The van der Waals surface area contributed by atoms with E-state index in [1.165, 1.54) is 5.56 Å². The third kappa shape index (κ3) is 2.42. The molecule has 4 heteroatoms. The second kappa shape index (κ2) is 4.72. The highest BCUT2D eigenvalue weighted by molar-refractivity contribution is 5.67. The number of aryl methyl sites for hydroxylation is 2. The lowest BCUT2D eigenvalue weighted by molar-refractivity contribution is 0.265. The third-order valence-electron chi connectivity index (χ3n) is 2.91. The highest BCUT2D eigenvalue weighted by Gasteiger charge is 2.07. The van der Waals surface area contributed by atoms with Gasteiger partial charge in [-0.05, 0) is 43.2 Å². The van der Waals surface area contributed by atoms with Gasteiger partial charge in [0.25, 0.3) is 0 Å². The molecule has 0 aliphatic heterocycles. The van der Waals surface area contributed by atoms with E-state index in [2.05, 4.69) is 16.0 Å². The van der Waals surface area contributed by atoms with Crippen molar-refractivity contribution < 1.29 is 9.15 Å². The van der Waals surface area contributed by atoms with Crippen LogP contribution < -0.4 is 4.74 Å². The van der Waals surface area contributed by atoms with E-state index in [-0.39, 0.29) is 0 Å². The smallest absolute Gasteiger partial charge is 0.247 e. The van der Waals surface area contributed by atoms with Gasteiger partial charge in [0.1, 0.15) is 11.3 Å². The predicted octanol–water partition coefficient (Wildman–Crippen LogP) is 3.42. The van der Waals surface area contributed by atoms with E-state index in [1.807, 2.05) is 38.1 Å². The first kappa shape index (κ1) is 11.7. The molecule has 4 nitrogen and oxygen atoms in total. The van der Waals surface area contributed by atoms with E-state index >= 15 is 0 Å². The van der Waals surface area contributed by atoms with Gasteiger partial charge in [0.05, 0.1) is 0 Å². The molecule has 2 aromatic heterocycles. The Morgan fingerprint density at radius 1 is 1.21 bits per heavy atom. The van der Waals surface area contributed by atoms with E-state index in [0.717, 1.165) is 16.8 Å². The van der Waals surface area contributed by atoms with Crippen LogP contribution in [0.5, 0.6) is 5.75 Å². The van der Waals surface area contributed by atoms with Gasteiger partial charge in [-0.15, -0.1) is 0 Å². The molecule has 3 rings (SSSR count). The zero-order chi connectivity index (χ0) is 13.2. The molecule has 19 heavy (non-hydrogen) atoms. The molecule has 3 aromatic rings. The first-order chi connectivity index (χ1) is 9.22. The molecule has 0 radical (unpaired) electrons. The quantitative estimate of drug-likeness (QED) is 0.718. The van der Waals surface area contributed by atoms with E-state index in [4.69, 9.17) is 9.15 Å². The average Bonchev–Trinajstić information content (AvgIpc) is 2.82. The SMILES string of the molecule is Cc1ccc(C)c(OCc2nc3cccnc3o2)c1. The van der Waals surface area contributed by atoms with E-state index in [1.54, 1.807) is 6.20 Å². The predicted molar refractivity (Wildman–Crippen MR) is 72.1 cm³/mol. The number of benzene rings is 1. The molecular formula is C15H14N2O2. The Labute approximate surface area is 111 Å². The van der Waals surface area contributed by atoms with Crippen molar-refractivity contribution in [3.8, 4) is 5.75 Å². The van der Waals surface area contributed by atoms with Crippen LogP contribution in [0.25, 0.3) is 11.2 Å². The standard InChI is InChI=1S/C15H14N2O2/c1-10-5-6-11(2)13(8-10)18-9-14-17-12-4-3-7-16-15(12)19-14/h3-8H,9H2,1-2H3. The molecule has 0 N–H and O–H groups in total. The third-order valence-corrected chi connectivity index (χ3v) is 2.91. The number of nitrogens with zero attached hydrogens (tertiary/aromatic N) is 2. The molecule has 0 unspecified atom stereocenters. The molecule has 2 heterocycles. The van der Waals surface area contributed by atoms with Crippen molar-refractivity contribution in [2.24, 2.45) is 0 Å². The molecule has 0 saturated carbocycles. The number of fused-ring (bicyclic) bond motifs is 1. The summed E-state index contributed by atoms with van der Waals surface area (Å²) in [6.07, 6.45) is 1.68. The fourth-order valence-electron chi connectivity index (χ4n) is 1.88. The summed E-state index contributed by atoms with van der Waals surface area (Å²) in [5, 5.41) is 0. The van der Waals surface area contributed by atoms with Gasteiger partial charge >= 0.3 is 0 Å². The summed E-state index contributed by atoms with van der Waals surface area (Å²) in [5.74, 6) is 1.39. The minimum atomic E-state index is 0.306. The first-order valence-electron chi connectivity index (χ1n) is 6.13. The van der Waals surface area contributed by atoms with Crippen LogP contribution in [-0.4, -0.2) is 9.97 Å². The molecule has 1 aromatic carbocycles. The molecule has 0 spiro atoms. The summed E-state index contributed by atoms with van der Waals surface area (Å²) < 4.78 is 11.3. The zero-order valence-electron chi connectivity index (χ0n) is 10.9. The number of rotatable bonds is 3. The minimum Gasteiger partial charge on any atom is -0.484 e. The van der Waals surface area contributed by atoms with Crippen LogP contribution in [0, 0.1) is 13.8 Å². The van der Waals surface area contributed by atoms with Crippen molar-refractivity contribution in [3.05, 3.63) is 53.5 Å². The van der Waals surface area contributed by atoms with Crippen molar-refractivity contribution >= 4 is 11.2 Å². The molecule has 96 valence electrons. The van der Waals surface area contributed by atoms with Crippen molar-refractivity contribution in [2.75, 3.05) is 0 Å². The monoisotopic (exact) mass is 254 g/mol. The van der Waals surface area contributed by atoms with Gasteiger partial charge in [-0.25, -0.2) is 9.97 Å². The molecule has 0 aliphatic carbocycles. The molecule has 0 amide bonds. The average molecular weight is 254 g/mol. The fraction of sp³-hybridized carbons (Fsp3) is 0.200. The van der Waals surface area contributed by atoms with Crippen LogP contribution in [0.3, 0.4) is 0 Å². The Morgan fingerprint density at radius 3 is 2.95 bits per heavy atom. The Bertz CT molecular complexity index is 686. The lowest BCUT2D eigenvalue weighted by Crippen LogP contribution is -1.97. The maximum atomic E-state index is 5.75. The summed E-state index contributed by atoms with van der Waals surface area (Å²) in [6, 6.07) is 9.81. The lowest BCUT2D eigenvalue weighted by Gasteiger charge is -2.07. The summed E-state index contributed by atoms with van der Waals surface area (Å²) in [5.41, 5.74) is 3.56. The fourth-order valence-corrected chi connectivity index (χ4v) is 1.88. The Morgan fingerprint density at radius 2 is 2.11 bits per heavy atom. The number of hydrogen-bond donors (Lipinski definition) is 0. The first-order valence-corrected chi connectivity index (χ1v) is 6.13. The Kier molecular flexibility index (Phi) is 2.91. The molecule has 0 aliphatic rings. The Balaban J connectivity index is 1.80.